The maximum absolute atomic E-state index is 10.1. The van der Waals surface area contributed by atoms with Crippen LogP contribution in [0.4, 0.5) is 5.88 Å². The standard InChI is InChI=1S/C6H5NO6/c8-5(9)3-12-6-2-1-4(13-6)7(10)11/h1-2H,3H2,(H,8,9). The Labute approximate surface area is 71.7 Å². The second-order valence-corrected chi connectivity index (χ2v) is 2.03. The average molecular weight is 187 g/mol. The molecule has 0 spiro atoms. The quantitative estimate of drug-likeness (QED) is 0.548. The lowest BCUT2D eigenvalue weighted by molar-refractivity contribution is -0.402. The molecule has 0 amide bonds. The highest BCUT2D eigenvalue weighted by Gasteiger charge is 2.12. The number of nitro groups is 1. The highest BCUT2D eigenvalue weighted by molar-refractivity contribution is 5.68. The topological polar surface area (TPSA) is 103 Å². The predicted octanol–water partition coefficient (Wildman–Crippen LogP) is 0.651. The van der Waals surface area contributed by atoms with Gasteiger partial charge in [-0.1, -0.05) is 0 Å². The molecular weight excluding hydrogens is 182 g/mol. The van der Waals surface area contributed by atoms with Crippen LogP contribution in [0.5, 0.6) is 5.95 Å². The number of rotatable bonds is 4. The van der Waals surface area contributed by atoms with Crippen molar-refractivity contribution in [1.29, 1.82) is 0 Å². The molecule has 0 aliphatic heterocycles. The summed E-state index contributed by atoms with van der Waals surface area (Å²) >= 11 is 0. The van der Waals surface area contributed by atoms with Gasteiger partial charge in [0.15, 0.2) is 6.61 Å². The summed E-state index contributed by atoms with van der Waals surface area (Å²) in [5.41, 5.74) is 0. The van der Waals surface area contributed by atoms with Gasteiger partial charge in [0, 0.05) is 6.07 Å². The number of carboxylic acids is 1. The molecule has 0 bridgehead atoms. The molecule has 0 saturated heterocycles. The summed E-state index contributed by atoms with van der Waals surface area (Å²) in [6.07, 6.45) is 0. The highest BCUT2D eigenvalue weighted by atomic mass is 16.7. The molecule has 1 heterocycles. The fourth-order valence-corrected chi connectivity index (χ4v) is 0.619. The number of hydrogen-bond donors (Lipinski definition) is 1. The van der Waals surface area contributed by atoms with Gasteiger partial charge in [-0.25, -0.2) is 4.79 Å². The van der Waals surface area contributed by atoms with Crippen molar-refractivity contribution in [2.24, 2.45) is 0 Å². The van der Waals surface area contributed by atoms with Gasteiger partial charge < -0.3 is 14.3 Å². The average Bonchev–Trinajstić information content (AvgIpc) is 2.48. The molecule has 0 atom stereocenters. The molecule has 1 rings (SSSR count). The minimum absolute atomic E-state index is 0.186. The van der Waals surface area contributed by atoms with E-state index in [-0.39, 0.29) is 5.95 Å². The Bertz CT molecular complexity index is 330. The molecule has 0 aliphatic carbocycles. The van der Waals surface area contributed by atoms with Crippen LogP contribution in [0, 0.1) is 10.1 Å². The predicted molar refractivity (Wildman–Crippen MR) is 38.5 cm³/mol. The largest absolute Gasteiger partial charge is 0.479 e. The van der Waals surface area contributed by atoms with E-state index in [1.165, 1.54) is 6.07 Å². The Kier molecular flexibility index (Phi) is 2.48. The molecule has 70 valence electrons. The maximum atomic E-state index is 10.1. The maximum Gasteiger partial charge on any atom is 0.436 e. The van der Waals surface area contributed by atoms with Crippen LogP contribution in [0.15, 0.2) is 16.5 Å². The Balaban J connectivity index is 2.59. The van der Waals surface area contributed by atoms with E-state index in [1.807, 2.05) is 0 Å². The molecule has 1 aromatic rings. The van der Waals surface area contributed by atoms with E-state index in [0.29, 0.717) is 0 Å². The fraction of sp³-hybridized carbons (Fsp3) is 0.167. The lowest BCUT2D eigenvalue weighted by Gasteiger charge is -1.94. The van der Waals surface area contributed by atoms with Crippen molar-refractivity contribution in [3.63, 3.8) is 0 Å². The second kappa shape index (κ2) is 3.57. The Morgan fingerprint density at radius 2 is 2.38 bits per heavy atom. The van der Waals surface area contributed by atoms with Crippen LogP contribution in [0.25, 0.3) is 0 Å². The molecule has 0 saturated carbocycles. The van der Waals surface area contributed by atoms with Crippen LogP contribution in [0.2, 0.25) is 0 Å². The van der Waals surface area contributed by atoms with Crippen molar-refractivity contribution in [2.75, 3.05) is 6.61 Å². The lowest BCUT2D eigenvalue weighted by atomic mass is 10.6. The normalized spacial score (nSPS) is 9.54. The third-order valence-corrected chi connectivity index (χ3v) is 1.09. The van der Waals surface area contributed by atoms with Crippen molar-refractivity contribution in [3.05, 3.63) is 22.2 Å². The first-order chi connectivity index (χ1) is 6.09. The molecule has 0 aromatic carbocycles. The molecular formula is C6H5NO6. The van der Waals surface area contributed by atoms with Gasteiger partial charge in [0.1, 0.15) is 4.92 Å². The SMILES string of the molecule is O=C(O)COc1ccc([N+](=O)[O-])o1. The third kappa shape index (κ3) is 2.47. The Hall–Kier alpha value is -2.05. The summed E-state index contributed by atoms with van der Waals surface area (Å²) in [4.78, 5) is 19.4. The van der Waals surface area contributed by atoms with Crippen LogP contribution < -0.4 is 4.74 Å². The van der Waals surface area contributed by atoms with Crippen molar-refractivity contribution in [1.82, 2.24) is 0 Å². The zero-order chi connectivity index (χ0) is 9.84. The summed E-state index contributed by atoms with van der Waals surface area (Å²) in [6.45, 7) is -0.593. The third-order valence-electron chi connectivity index (χ3n) is 1.09. The number of nitrogens with zero attached hydrogens (tertiary/aromatic N) is 1. The molecule has 0 unspecified atom stereocenters. The van der Waals surface area contributed by atoms with E-state index in [9.17, 15) is 14.9 Å². The monoisotopic (exact) mass is 187 g/mol. The summed E-state index contributed by atoms with van der Waals surface area (Å²) in [7, 11) is 0. The van der Waals surface area contributed by atoms with Gasteiger partial charge >= 0.3 is 11.9 Å². The zero-order valence-corrected chi connectivity index (χ0v) is 6.30. The van der Waals surface area contributed by atoms with Gasteiger partial charge in [0.25, 0.3) is 5.95 Å². The number of carboxylic acid groups (broad SMARTS) is 1. The van der Waals surface area contributed by atoms with E-state index < -0.39 is 23.4 Å². The summed E-state index contributed by atoms with van der Waals surface area (Å²) in [5.74, 6) is -1.85. The summed E-state index contributed by atoms with van der Waals surface area (Å²) in [6, 6.07) is 2.26. The van der Waals surface area contributed by atoms with E-state index in [0.717, 1.165) is 6.07 Å². The van der Waals surface area contributed by atoms with Gasteiger partial charge in [-0.2, -0.15) is 0 Å². The number of hydrogen-bond acceptors (Lipinski definition) is 5. The first-order valence-corrected chi connectivity index (χ1v) is 3.18. The van der Waals surface area contributed by atoms with E-state index in [1.54, 1.807) is 0 Å². The minimum Gasteiger partial charge on any atom is -0.479 e. The van der Waals surface area contributed by atoms with Crippen LogP contribution >= 0.6 is 0 Å². The highest BCUT2D eigenvalue weighted by Crippen LogP contribution is 2.21. The molecule has 0 aliphatic rings. The Morgan fingerprint density at radius 3 is 2.85 bits per heavy atom. The van der Waals surface area contributed by atoms with Crippen molar-refractivity contribution in [3.8, 4) is 5.95 Å². The fourth-order valence-electron chi connectivity index (χ4n) is 0.619. The van der Waals surface area contributed by atoms with Crippen molar-refractivity contribution in [2.45, 2.75) is 0 Å². The van der Waals surface area contributed by atoms with Gasteiger partial charge in [0.2, 0.25) is 0 Å². The molecule has 7 heteroatoms. The molecule has 13 heavy (non-hydrogen) atoms. The van der Waals surface area contributed by atoms with Crippen molar-refractivity contribution < 1.29 is 24.0 Å². The molecule has 0 fully saturated rings. The molecule has 7 nitrogen and oxygen atoms in total. The smallest absolute Gasteiger partial charge is 0.436 e. The summed E-state index contributed by atoms with van der Waals surface area (Å²) in [5, 5.41) is 18.3. The van der Waals surface area contributed by atoms with Gasteiger partial charge in [-0.05, 0) is 0 Å². The van der Waals surface area contributed by atoms with Crippen LogP contribution in [0.1, 0.15) is 0 Å². The number of ether oxygens (including phenoxy) is 1. The first kappa shape index (κ1) is 9.04. The number of carbonyl (C=O) groups is 1. The van der Waals surface area contributed by atoms with Crippen molar-refractivity contribution >= 4 is 11.9 Å². The number of furan rings is 1. The molecule has 1 N–H and O–H groups in total. The van der Waals surface area contributed by atoms with Crippen LogP contribution in [-0.2, 0) is 4.79 Å². The van der Waals surface area contributed by atoms with Gasteiger partial charge in [-0.15, -0.1) is 0 Å². The molecule has 0 radical (unpaired) electrons. The zero-order valence-electron chi connectivity index (χ0n) is 6.30. The Morgan fingerprint density at radius 1 is 1.69 bits per heavy atom. The van der Waals surface area contributed by atoms with E-state index >= 15 is 0 Å². The number of aliphatic carboxylic acids is 1. The van der Waals surface area contributed by atoms with Crippen LogP contribution in [-0.4, -0.2) is 22.6 Å². The lowest BCUT2D eigenvalue weighted by Crippen LogP contribution is -2.08. The minimum atomic E-state index is -1.18. The first-order valence-electron chi connectivity index (χ1n) is 3.18. The second-order valence-electron chi connectivity index (χ2n) is 2.03. The van der Waals surface area contributed by atoms with Crippen LogP contribution in [0.3, 0.4) is 0 Å². The summed E-state index contributed by atoms with van der Waals surface area (Å²) < 4.78 is 9.04. The van der Waals surface area contributed by atoms with Gasteiger partial charge in [0.05, 0.1) is 6.07 Å². The van der Waals surface area contributed by atoms with E-state index in [4.69, 9.17) is 5.11 Å². The van der Waals surface area contributed by atoms with Gasteiger partial charge in [-0.3, -0.25) is 10.1 Å². The van der Waals surface area contributed by atoms with E-state index in [2.05, 4.69) is 9.15 Å². The molecule has 1 aromatic heterocycles.